The second-order valence-corrected chi connectivity index (χ2v) is 7.61. The zero-order chi connectivity index (χ0) is 17.2. The van der Waals surface area contributed by atoms with E-state index in [1.165, 1.54) is 6.07 Å². The largest absolute Gasteiger partial charge is 0.496 e. The predicted octanol–water partition coefficient (Wildman–Crippen LogP) is 4.00. The van der Waals surface area contributed by atoms with E-state index in [1.807, 2.05) is 32.0 Å². The number of hydrogen-bond donors (Lipinski definition) is 1. The van der Waals surface area contributed by atoms with E-state index in [1.54, 1.807) is 26.2 Å². The minimum atomic E-state index is -3.73. The first-order valence-corrected chi connectivity index (χ1v) is 9.03. The van der Waals surface area contributed by atoms with Crippen LogP contribution in [0.5, 0.6) is 5.75 Å². The van der Waals surface area contributed by atoms with E-state index in [0.29, 0.717) is 5.75 Å². The van der Waals surface area contributed by atoms with Gasteiger partial charge < -0.3 is 4.74 Å². The molecule has 0 radical (unpaired) electrons. The summed E-state index contributed by atoms with van der Waals surface area (Å²) >= 11 is 6.08. The quantitative estimate of drug-likeness (QED) is 0.883. The van der Waals surface area contributed by atoms with Crippen molar-refractivity contribution >= 4 is 21.6 Å². The molecule has 0 aliphatic carbocycles. The van der Waals surface area contributed by atoms with Gasteiger partial charge >= 0.3 is 0 Å². The fourth-order valence-electron chi connectivity index (χ4n) is 2.38. The molecule has 1 unspecified atom stereocenters. The average Bonchev–Trinajstić information content (AvgIpc) is 2.46. The van der Waals surface area contributed by atoms with Gasteiger partial charge in [-0.25, -0.2) is 13.1 Å². The highest BCUT2D eigenvalue weighted by Gasteiger charge is 2.22. The van der Waals surface area contributed by atoms with Crippen molar-refractivity contribution in [2.75, 3.05) is 7.11 Å². The minimum absolute atomic E-state index is 0.0724. The molecule has 1 N–H and O–H groups in total. The Bertz CT molecular complexity index is 819. The molecule has 0 saturated carbocycles. The lowest BCUT2D eigenvalue weighted by Crippen LogP contribution is -2.27. The van der Waals surface area contributed by atoms with Gasteiger partial charge in [-0.1, -0.05) is 35.4 Å². The van der Waals surface area contributed by atoms with Gasteiger partial charge in [0, 0.05) is 11.6 Å². The summed E-state index contributed by atoms with van der Waals surface area (Å²) in [7, 11) is -2.17. The Morgan fingerprint density at radius 1 is 1.09 bits per heavy atom. The number of aryl methyl sites for hydroxylation is 2. The molecule has 4 nitrogen and oxygen atoms in total. The number of halogens is 1. The molecule has 0 spiro atoms. The Hall–Kier alpha value is -1.56. The van der Waals surface area contributed by atoms with Gasteiger partial charge in [-0.3, -0.25) is 0 Å². The highest BCUT2D eigenvalue weighted by Crippen LogP contribution is 2.29. The standard InChI is InChI=1S/C17H20ClNO3S/c1-11-5-7-16(22-4)14(9-11)13(3)19-23(20,21)17-8-6-12(2)10-15(17)18/h5-10,13,19H,1-4H3. The Morgan fingerprint density at radius 3 is 2.30 bits per heavy atom. The van der Waals surface area contributed by atoms with Crippen LogP contribution < -0.4 is 9.46 Å². The van der Waals surface area contributed by atoms with Gasteiger partial charge in [0.2, 0.25) is 10.0 Å². The number of ether oxygens (including phenoxy) is 1. The average molecular weight is 354 g/mol. The molecule has 2 aromatic rings. The normalized spacial score (nSPS) is 12.9. The molecule has 124 valence electrons. The highest BCUT2D eigenvalue weighted by molar-refractivity contribution is 7.89. The van der Waals surface area contributed by atoms with Crippen LogP contribution >= 0.6 is 11.6 Å². The first-order chi connectivity index (χ1) is 10.7. The maximum atomic E-state index is 12.6. The molecule has 1 atom stereocenters. The summed E-state index contributed by atoms with van der Waals surface area (Å²) in [5.74, 6) is 0.640. The van der Waals surface area contributed by atoms with Gasteiger partial charge in [0.1, 0.15) is 10.6 Å². The third-order valence-electron chi connectivity index (χ3n) is 3.56. The summed E-state index contributed by atoms with van der Waals surface area (Å²) in [5.41, 5.74) is 2.71. The van der Waals surface area contributed by atoms with Crippen molar-refractivity contribution in [1.82, 2.24) is 4.72 Å². The number of rotatable bonds is 5. The van der Waals surface area contributed by atoms with Crippen LogP contribution in [0.25, 0.3) is 0 Å². The number of methoxy groups -OCH3 is 1. The van der Waals surface area contributed by atoms with E-state index in [4.69, 9.17) is 16.3 Å². The third-order valence-corrected chi connectivity index (χ3v) is 5.58. The molecule has 0 aliphatic heterocycles. The summed E-state index contributed by atoms with van der Waals surface area (Å²) in [6, 6.07) is 10.1. The lowest BCUT2D eigenvalue weighted by Gasteiger charge is -2.18. The van der Waals surface area contributed by atoms with Crippen LogP contribution in [0.1, 0.15) is 29.7 Å². The number of hydrogen-bond acceptors (Lipinski definition) is 3. The predicted molar refractivity (Wildman–Crippen MR) is 92.7 cm³/mol. The van der Waals surface area contributed by atoms with Gasteiger partial charge in [0.25, 0.3) is 0 Å². The van der Waals surface area contributed by atoms with Crippen LogP contribution in [0.4, 0.5) is 0 Å². The number of sulfonamides is 1. The monoisotopic (exact) mass is 353 g/mol. The van der Waals surface area contributed by atoms with Gasteiger partial charge in [0.15, 0.2) is 0 Å². The molecule has 0 amide bonds. The summed E-state index contributed by atoms with van der Waals surface area (Å²) in [4.78, 5) is 0.0724. The van der Waals surface area contributed by atoms with E-state index < -0.39 is 16.1 Å². The van der Waals surface area contributed by atoms with Gasteiger partial charge in [0.05, 0.1) is 12.1 Å². The second kappa shape index (κ2) is 6.91. The van der Waals surface area contributed by atoms with E-state index in [9.17, 15) is 8.42 Å². The topological polar surface area (TPSA) is 55.4 Å². The molecular formula is C17H20ClNO3S. The molecule has 0 aromatic heterocycles. The molecule has 2 rings (SSSR count). The van der Waals surface area contributed by atoms with Crippen LogP contribution in [0.3, 0.4) is 0 Å². The molecule has 6 heteroatoms. The summed E-state index contributed by atoms with van der Waals surface area (Å²) < 4.78 is 33.2. The van der Waals surface area contributed by atoms with Crippen LogP contribution in [-0.4, -0.2) is 15.5 Å². The fourth-order valence-corrected chi connectivity index (χ4v) is 4.20. The molecule has 23 heavy (non-hydrogen) atoms. The maximum absolute atomic E-state index is 12.6. The zero-order valence-corrected chi connectivity index (χ0v) is 15.1. The van der Waals surface area contributed by atoms with Crippen molar-refractivity contribution in [3.05, 3.63) is 58.1 Å². The minimum Gasteiger partial charge on any atom is -0.496 e. The van der Waals surface area contributed by atoms with Crippen LogP contribution in [0, 0.1) is 13.8 Å². The molecule has 0 aliphatic rings. The molecule has 0 saturated heterocycles. The van der Waals surface area contributed by atoms with Crippen molar-refractivity contribution in [2.24, 2.45) is 0 Å². The van der Waals surface area contributed by atoms with Crippen molar-refractivity contribution in [3.63, 3.8) is 0 Å². The summed E-state index contributed by atoms with van der Waals surface area (Å²) in [6.07, 6.45) is 0. The number of nitrogens with one attached hydrogen (secondary N) is 1. The van der Waals surface area contributed by atoms with E-state index in [0.717, 1.165) is 16.7 Å². The van der Waals surface area contributed by atoms with Gasteiger partial charge in [-0.2, -0.15) is 0 Å². The molecule has 0 fully saturated rings. The second-order valence-electron chi connectivity index (χ2n) is 5.52. The van der Waals surface area contributed by atoms with E-state index in [-0.39, 0.29) is 9.92 Å². The smallest absolute Gasteiger partial charge is 0.242 e. The van der Waals surface area contributed by atoms with Gasteiger partial charge in [-0.05, 0) is 44.5 Å². The van der Waals surface area contributed by atoms with Crippen molar-refractivity contribution in [1.29, 1.82) is 0 Å². The Balaban J connectivity index is 2.35. The van der Waals surface area contributed by atoms with Crippen LogP contribution in [0.15, 0.2) is 41.3 Å². The zero-order valence-electron chi connectivity index (χ0n) is 13.6. The molecular weight excluding hydrogens is 334 g/mol. The van der Waals surface area contributed by atoms with Gasteiger partial charge in [-0.15, -0.1) is 0 Å². The van der Waals surface area contributed by atoms with Crippen molar-refractivity contribution in [3.8, 4) is 5.75 Å². The summed E-state index contributed by atoms with van der Waals surface area (Å²) in [5, 5.41) is 0.209. The van der Waals surface area contributed by atoms with E-state index in [2.05, 4.69) is 4.72 Å². The molecule has 0 bridgehead atoms. The Labute approximate surface area is 142 Å². The fraction of sp³-hybridized carbons (Fsp3) is 0.294. The lowest BCUT2D eigenvalue weighted by atomic mass is 10.1. The van der Waals surface area contributed by atoms with Crippen LogP contribution in [0.2, 0.25) is 5.02 Å². The number of benzene rings is 2. The molecule has 2 aromatic carbocycles. The highest BCUT2D eigenvalue weighted by atomic mass is 35.5. The first kappa shape index (κ1) is 17.8. The lowest BCUT2D eigenvalue weighted by molar-refractivity contribution is 0.405. The maximum Gasteiger partial charge on any atom is 0.242 e. The van der Waals surface area contributed by atoms with Crippen molar-refractivity contribution in [2.45, 2.75) is 31.7 Å². The SMILES string of the molecule is COc1ccc(C)cc1C(C)NS(=O)(=O)c1ccc(C)cc1Cl. The Morgan fingerprint density at radius 2 is 1.70 bits per heavy atom. The Kier molecular flexibility index (Phi) is 5.34. The van der Waals surface area contributed by atoms with Crippen molar-refractivity contribution < 1.29 is 13.2 Å². The summed E-state index contributed by atoms with van der Waals surface area (Å²) in [6.45, 7) is 5.58. The van der Waals surface area contributed by atoms with Crippen LogP contribution in [-0.2, 0) is 10.0 Å². The molecule has 0 heterocycles. The third kappa shape index (κ3) is 4.05. The first-order valence-electron chi connectivity index (χ1n) is 7.17. The van der Waals surface area contributed by atoms with E-state index >= 15 is 0 Å².